The number of para-hydroxylation sites is 1. The van der Waals surface area contributed by atoms with Gasteiger partial charge in [0.25, 0.3) is 0 Å². The first-order valence-corrected chi connectivity index (χ1v) is 12.9. The fourth-order valence-electron chi connectivity index (χ4n) is 3.81. The summed E-state index contributed by atoms with van der Waals surface area (Å²) in [5.74, 6) is 0.194. The summed E-state index contributed by atoms with van der Waals surface area (Å²) in [5, 5.41) is 7.16. The number of hydrogen-bond donors (Lipinski definition) is 1. The highest BCUT2D eigenvalue weighted by Crippen LogP contribution is 2.37. The Hall–Kier alpha value is -4.17. The van der Waals surface area contributed by atoms with Gasteiger partial charge >= 0.3 is 0 Å². The number of hydrogen-bond acceptors (Lipinski definition) is 10. The third-order valence-electron chi connectivity index (χ3n) is 5.70. The molecule has 4 aromatic rings. The molecule has 3 aromatic heterocycles. The molecule has 12 nitrogen and oxygen atoms in total. The van der Waals surface area contributed by atoms with Crippen molar-refractivity contribution in [1.29, 1.82) is 0 Å². The van der Waals surface area contributed by atoms with Gasteiger partial charge in [-0.15, -0.1) is 10.2 Å². The van der Waals surface area contributed by atoms with E-state index >= 15 is 0 Å². The van der Waals surface area contributed by atoms with Gasteiger partial charge in [0.05, 0.1) is 26.6 Å². The van der Waals surface area contributed by atoms with Crippen LogP contribution in [0, 0.1) is 12.7 Å². The van der Waals surface area contributed by atoms with Crippen molar-refractivity contribution in [2.75, 3.05) is 26.1 Å². The van der Waals surface area contributed by atoms with Crippen molar-refractivity contribution in [2.24, 2.45) is 0 Å². The first-order chi connectivity index (χ1) is 18.2. The second kappa shape index (κ2) is 11.1. The number of aromatic nitrogens is 6. The summed E-state index contributed by atoms with van der Waals surface area (Å²) in [6.45, 7) is 3.23. The Balaban J connectivity index is 1.84. The Morgan fingerprint density at radius 1 is 0.974 bits per heavy atom. The zero-order valence-electron chi connectivity index (χ0n) is 21.3. The topological polar surface area (TPSA) is 143 Å². The second-order valence-corrected chi connectivity index (χ2v) is 10.2. The van der Waals surface area contributed by atoms with E-state index in [4.69, 9.17) is 14.2 Å². The van der Waals surface area contributed by atoms with Gasteiger partial charge in [0.15, 0.2) is 17.5 Å². The fraction of sp³-hybridized carbons (Fsp3) is 0.292. The highest BCUT2D eigenvalue weighted by Gasteiger charge is 2.35. The number of sulfonamides is 1. The number of pyridine rings is 1. The van der Waals surface area contributed by atoms with Crippen LogP contribution in [0.25, 0.3) is 17.2 Å². The number of aryl methyl sites for hydroxylation is 1. The maximum atomic E-state index is 13.6. The Bertz CT molecular complexity index is 1510. The molecule has 200 valence electrons. The number of nitrogens with one attached hydrogen (secondary N) is 1. The predicted octanol–water partition coefficient (Wildman–Crippen LogP) is 3.10. The molecule has 38 heavy (non-hydrogen) atoms. The van der Waals surface area contributed by atoms with E-state index in [2.05, 4.69) is 29.9 Å². The first kappa shape index (κ1) is 26.9. The molecule has 1 aromatic carbocycles. The SMILES string of the molecule is COc1cccc(OC)c1-n1c(NS(=O)(=O)C(C)C(OC)c2ncc(F)cn2)nnc1-c1cccc(C)n1. The van der Waals surface area contributed by atoms with E-state index < -0.39 is 27.2 Å². The van der Waals surface area contributed by atoms with E-state index in [9.17, 15) is 12.8 Å². The van der Waals surface area contributed by atoms with Crippen LogP contribution in [0.15, 0.2) is 48.8 Å². The molecule has 0 aliphatic carbocycles. The average molecular weight is 544 g/mol. The number of methoxy groups -OCH3 is 3. The van der Waals surface area contributed by atoms with Gasteiger partial charge in [0, 0.05) is 12.8 Å². The zero-order valence-corrected chi connectivity index (χ0v) is 22.1. The van der Waals surface area contributed by atoms with Crippen LogP contribution in [0.5, 0.6) is 11.5 Å². The van der Waals surface area contributed by atoms with E-state index in [1.54, 1.807) is 30.3 Å². The maximum Gasteiger partial charge on any atom is 0.243 e. The van der Waals surface area contributed by atoms with Crippen molar-refractivity contribution in [3.05, 3.63) is 66.1 Å². The molecule has 0 spiro atoms. The average Bonchev–Trinajstić information content (AvgIpc) is 3.31. The van der Waals surface area contributed by atoms with Crippen LogP contribution in [0.3, 0.4) is 0 Å². The van der Waals surface area contributed by atoms with E-state index in [1.165, 1.54) is 32.8 Å². The van der Waals surface area contributed by atoms with Gasteiger partial charge in [-0.3, -0.25) is 9.29 Å². The second-order valence-electron chi connectivity index (χ2n) is 8.13. The molecule has 0 aliphatic rings. The van der Waals surface area contributed by atoms with Crippen LogP contribution in [0.2, 0.25) is 0 Å². The maximum absolute atomic E-state index is 13.6. The van der Waals surface area contributed by atoms with E-state index in [-0.39, 0.29) is 17.6 Å². The van der Waals surface area contributed by atoms with Crippen molar-refractivity contribution in [3.8, 4) is 28.7 Å². The lowest BCUT2D eigenvalue weighted by molar-refractivity contribution is 0.0948. The molecule has 0 radical (unpaired) electrons. The Morgan fingerprint density at radius 3 is 2.18 bits per heavy atom. The molecule has 1 N–H and O–H groups in total. The number of ether oxygens (including phenoxy) is 3. The van der Waals surface area contributed by atoms with Gasteiger partial charge in [0.1, 0.15) is 34.2 Å². The first-order valence-electron chi connectivity index (χ1n) is 11.3. The normalized spacial score (nSPS) is 13.1. The van der Waals surface area contributed by atoms with Crippen LogP contribution >= 0.6 is 0 Å². The van der Waals surface area contributed by atoms with Crippen LogP contribution in [0.1, 0.15) is 24.5 Å². The van der Waals surface area contributed by atoms with E-state index in [0.29, 0.717) is 22.9 Å². The largest absolute Gasteiger partial charge is 0.494 e. The number of nitrogens with zero attached hydrogens (tertiary/aromatic N) is 6. The van der Waals surface area contributed by atoms with Crippen molar-refractivity contribution >= 4 is 16.0 Å². The summed E-state index contributed by atoms with van der Waals surface area (Å²) in [6.07, 6.45) is 0.766. The monoisotopic (exact) mass is 543 g/mol. The Kier molecular flexibility index (Phi) is 7.83. The molecule has 0 saturated carbocycles. The molecule has 14 heteroatoms. The molecule has 2 atom stereocenters. The Labute approximate surface area is 218 Å². The molecule has 0 aliphatic heterocycles. The zero-order chi connectivity index (χ0) is 27.4. The van der Waals surface area contributed by atoms with Gasteiger partial charge in [-0.1, -0.05) is 12.1 Å². The minimum atomic E-state index is -4.20. The summed E-state index contributed by atoms with van der Waals surface area (Å²) in [6, 6.07) is 10.5. The third kappa shape index (κ3) is 5.26. The van der Waals surface area contributed by atoms with Gasteiger partial charge in [-0.05, 0) is 38.1 Å². The lowest BCUT2D eigenvalue weighted by atomic mass is 10.2. The van der Waals surface area contributed by atoms with Gasteiger partial charge in [0.2, 0.25) is 16.0 Å². The molecule has 0 amide bonds. The summed E-state index contributed by atoms with van der Waals surface area (Å²) >= 11 is 0. The smallest absolute Gasteiger partial charge is 0.243 e. The predicted molar refractivity (Wildman–Crippen MR) is 136 cm³/mol. The molecule has 0 saturated heterocycles. The highest BCUT2D eigenvalue weighted by atomic mass is 32.2. The van der Waals surface area contributed by atoms with Gasteiger partial charge in [-0.25, -0.2) is 27.8 Å². The summed E-state index contributed by atoms with van der Waals surface area (Å²) in [5.41, 5.74) is 1.52. The van der Waals surface area contributed by atoms with Crippen LogP contribution in [-0.4, -0.2) is 64.7 Å². The molecule has 0 bridgehead atoms. The van der Waals surface area contributed by atoms with Crippen molar-refractivity contribution in [2.45, 2.75) is 25.2 Å². The van der Waals surface area contributed by atoms with Crippen molar-refractivity contribution < 1.29 is 27.0 Å². The third-order valence-corrected chi connectivity index (χ3v) is 7.40. The molecule has 0 fully saturated rings. The molecule has 2 unspecified atom stereocenters. The molecule has 3 heterocycles. The van der Waals surface area contributed by atoms with Crippen LogP contribution in [0.4, 0.5) is 10.3 Å². The lowest BCUT2D eigenvalue weighted by Crippen LogP contribution is -2.33. The fourth-order valence-corrected chi connectivity index (χ4v) is 4.94. The van der Waals surface area contributed by atoms with Gasteiger partial charge < -0.3 is 14.2 Å². The van der Waals surface area contributed by atoms with Crippen molar-refractivity contribution in [3.63, 3.8) is 0 Å². The number of anilines is 1. The van der Waals surface area contributed by atoms with Crippen LogP contribution < -0.4 is 14.2 Å². The molecule has 4 rings (SSSR count). The lowest BCUT2D eigenvalue weighted by Gasteiger charge is -2.22. The summed E-state index contributed by atoms with van der Waals surface area (Å²) in [7, 11) is 0.0633. The number of rotatable bonds is 10. The summed E-state index contributed by atoms with van der Waals surface area (Å²) in [4.78, 5) is 12.3. The van der Waals surface area contributed by atoms with Crippen molar-refractivity contribution in [1.82, 2.24) is 29.7 Å². The molecular weight excluding hydrogens is 517 g/mol. The standard InChI is InChI=1S/C24H26FN7O5S/c1-14-8-6-9-17(28-14)23-29-30-24(32(23)20-18(35-3)10-7-11-19(20)36-4)31-38(33,34)15(2)21(37-5)22-26-12-16(25)13-27-22/h6-13,15,21H,1-5H3,(H,30,31). The molecular formula is C24H26FN7O5S. The summed E-state index contributed by atoms with van der Waals surface area (Å²) < 4.78 is 60.9. The Morgan fingerprint density at radius 2 is 1.61 bits per heavy atom. The van der Waals surface area contributed by atoms with Gasteiger partial charge in [-0.2, -0.15) is 0 Å². The van der Waals surface area contributed by atoms with Crippen LogP contribution in [-0.2, 0) is 14.8 Å². The van der Waals surface area contributed by atoms with E-state index in [1.807, 2.05) is 13.0 Å². The number of halogens is 1. The highest BCUT2D eigenvalue weighted by molar-refractivity contribution is 7.93. The minimum absolute atomic E-state index is 0.00397. The number of benzene rings is 1. The quantitative estimate of drug-likeness (QED) is 0.317. The minimum Gasteiger partial charge on any atom is -0.494 e. The van der Waals surface area contributed by atoms with E-state index in [0.717, 1.165) is 18.1 Å².